The zero-order chi connectivity index (χ0) is 9.73. The van der Waals surface area contributed by atoms with Crippen molar-refractivity contribution in [2.24, 2.45) is 0 Å². The molecule has 0 aromatic heterocycles. The van der Waals surface area contributed by atoms with E-state index >= 15 is 0 Å². The molecule has 0 aliphatic heterocycles. The van der Waals surface area contributed by atoms with E-state index in [9.17, 15) is 0 Å². The number of hydrogen-bond donors (Lipinski definition) is 0. The first-order valence-corrected chi connectivity index (χ1v) is 4.72. The van der Waals surface area contributed by atoms with Gasteiger partial charge in [-0.2, -0.15) is 0 Å². The van der Waals surface area contributed by atoms with Crippen LogP contribution in [0.15, 0.2) is 30.3 Å². The van der Waals surface area contributed by atoms with Gasteiger partial charge in [0.2, 0.25) is 0 Å². The molecule has 0 saturated carbocycles. The van der Waals surface area contributed by atoms with Crippen molar-refractivity contribution in [1.82, 2.24) is 0 Å². The number of aryl methyl sites for hydroxylation is 1. The third-order valence-electron chi connectivity index (χ3n) is 2.03. The zero-order valence-electron chi connectivity index (χ0n) is 7.76. The summed E-state index contributed by atoms with van der Waals surface area (Å²) in [7, 11) is 0. The van der Waals surface area contributed by atoms with Crippen molar-refractivity contribution in [3.05, 3.63) is 35.9 Å². The lowest BCUT2D eigenvalue weighted by atomic mass is 10.0. The maximum atomic E-state index is 6.03. The molecule has 1 aromatic carbocycles. The molecule has 0 amide bonds. The highest BCUT2D eigenvalue weighted by atomic mass is 35.5. The molecule has 0 nitrogen and oxygen atoms in total. The lowest BCUT2D eigenvalue weighted by Crippen LogP contribution is -2.13. The summed E-state index contributed by atoms with van der Waals surface area (Å²) in [4.78, 5) is -0.504. The van der Waals surface area contributed by atoms with Crippen molar-refractivity contribution < 1.29 is 0 Å². The zero-order valence-corrected chi connectivity index (χ0v) is 8.51. The quantitative estimate of drug-likeness (QED) is 0.510. The van der Waals surface area contributed by atoms with Gasteiger partial charge in [0.1, 0.15) is 4.87 Å². The highest BCUT2D eigenvalue weighted by Crippen LogP contribution is 2.20. The number of alkyl halides is 1. The Kier molecular flexibility index (Phi) is 3.39. The molecule has 0 radical (unpaired) electrons. The van der Waals surface area contributed by atoms with Crippen molar-refractivity contribution in [2.45, 2.75) is 24.6 Å². The molecule has 68 valence electrons. The summed E-state index contributed by atoms with van der Waals surface area (Å²) in [6.07, 6.45) is 7.04. The van der Waals surface area contributed by atoms with Gasteiger partial charge in [-0.05, 0) is 25.3 Å². The lowest BCUT2D eigenvalue weighted by Gasteiger charge is -2.13. The summed E-state index contributed by atoms with van der Waals surface area (Å²) < 4.78 is 0. The van der Waals surface area contributed by atoms with E-state index in [0.717, 1.165) is 12.8 Å². The van der Waals surface area contributed by atoms with E-state index < -0.39 is 4.87 Å². The summed E-state index contributed by atoms with van der Waals surface area (Å²) in [5, 5.41) is 0. The first-order valence-electron chi connectivity index (χ1n) is 4.35. The van der Waals surface area contributed by atoms with Crippen LogP contribution in [0, 0.1) is 12.3 Å². The smallest absolute Gasteiger partial charge is 0.102 e. The molecular formula is C12H13Cl. The molecule has 1 rings (SSSR count). The standard InChI is InChI=1S/C12H13Cl/c1-3-12(2,13)10-9-11-7-5-4-6-8-11/h1,4-8H,9-10H2,2H3. The minimum absolute atomic E-state index is 0.504. The lowest BCUT2D eigenvalue weighted by molar-refractivity contribution is 0.705. The number of benzene rings is 1. The average molecular weight is 193 g/mol. The monoisotopic (exact) mass is 192 g/mol. The fraction of sp³-hybridized carbons (Fsp3) is 0.333. The maximum absolute atomic E-state index is 6.03. The van der Waals surface area contributed by atoms with Gasteiger partial charge in [-0.15, -0.1) is 18.0 Å². The van der Waals surface area contributed by atoms with E-state index in [1.54, 1.807) is 0 Å². The highest BCUT2D eigenvalue weighted by molar-refractivity contribution is 6.25. The van der Waals surface area contributed by atoms with Crippen molar-refractivity contribution in [1.29, 1.82) is 0 Å². The van der Waals surface area contributed by atoms with Gasteiger partial charge in [0.25, 0.3) is 0 Å². The molecule has 1 atom stereocenters. The van der Waals surface area contributed by atoms with Crippen LogP contribution in [0.2, 0.25) is 0 Å². The van der Waals surface area contributed by atoms with Crippen LogP contribution in [-0.2, 0) is 6.42 Å². The third-order valence-corrected chi connectivity index (χ3v) is 2.33. The molecule has 0 heterocycles. The Morgan fingerprint density at radius 2 is 2.00 bits per heavy atom. The topological polar surface area (TPSA) is 0 Å². The predicted octanol–water partition coefficient (Wildman–Crippen LogP) is 3.25. The maximum Gasteiger partial charge on any atom is 0.102 e. The SMILES string of the molecule is C#CC(C)(Cl)CCc1ccccc1. The minimum Gasteiger partial charge on any atom is -0.118 e. The largest absolute Gasteiger partial charge is 0.118 e. The van der Waals surface area contributed by atoms with Gasteiger partial charge in [-0.25, -0.2) is 0 Å². The molecule has 0 spiro atoms. The summed E-state index contributed by atoms with van der Waals surface area (Å²) >= 11 is 6.03. The molecule has 13 heavy (non-hydrogen) atoms. The second-order valence-electron chi connectivity index (χ2n) is 3.33. The van der Waals surface area contributed by atoms with Gasteiger partial charge >= 0.3 is 0 Å². The Morgan fingerprint density at radius 3 is 2.54 bits per heavy atom. The highest BCUT2D eigenvalue weighted by Gasteiger charge is 2.16. The second-order valence-corrected chi connectivity index (χ2v) is 4.16. The van der Waals surface area contributed by atoms with Gasteiger partial charge in [0, 0.05) is 0 Å². The first kappa shape index (κ1) is 10.2. The molecule has 1 unspecified atom stereocenters. The van der Waals surface area contributed by atoms with Crippen LogP contribution in [0.5, 0.6) is 0 Å². The van der Waals surface area contributed by atoms with Gasteiger partial charge in [-0.1, -0.05) is 36.3 Å². The molecule has 0 saturated heterocycles. The van der Waals surface area contributed by atoms with Gasteiger partial charge in [-0.3, -0.25) is 0 Å². The van der Waals surface area contributed by atoms with Crippen LogP contribution >= 0.6 is 11.6 Å². The predicted molar refractivity (Wildman–Crippen MR) is 57.9 cm³/mol. The van der Waals surface area contributed by atoms with E-state index in [1.165, 1.54) is 5.56 Å². The molecule has 1 heteroatoms. The van der Waals surface area contributed by atoms with E-state index in [0.29, 0.717) is 0 Å². The Bertz CT molecular complexity index is 293. The molecule has 0 aliphatic rings. The van der Waals surface area contributed by atoms with E-state index in [1.807, 2.05) is 25.1 Å². The number of terminal acetylenes is 1. The number of hydrogen-bond acceptors (Lipinski definition) is 0. The molecule has 0 bridgehead atoms. The fourth-order valence-corrected chi connectivity index (χ4v) is 1.19. The second kappa shape index (κ2) is 4.35. The van der Waals surface area contributed by atoms with Crippen molar-refractivity contribution in [3.8, 4) is 12.3 Å². The van der Waals surface area contributed by atoms with E-state index in [2.05, 4.69) is 18.1 Å². The summed E-state index contributed by atoms with van der Waals surface area (Å²) in [6.45, 7) is 1.87. The van der Waals surface area contributed by atoms with Crippen LogP contribution in [0.1, 0.15) is 18.9 Å². The Balaban J connectivity index is 2.50. The normalized spacial score (nSPS) is 14.5. The Morgan fingerprint density at radius 1 is 1.38 bits per heavy atom. The molecule has 0 N–H and O–H groups in total. The first-order chi connectivity index (χ1) is 6.14. The van der Waals surface area contributed by atoms with Crippen molar-refractivity contribution in [2.75, 3.05) is 0 Å². The molecule has 0 fully saturated rings. The van der Waals surface area contributed by atoms with Crippen LogP contribution < -0.4 is 0 Å². The number of halogens is 1. The Hall–Kier alpha value is -0.930. The molecular weight excluding hydrogens is 180 g/mol. The van der Waals surface area contributed by atoms with Gasteiger partial charge < -0.3 is 0 Å². The van der Waals surface area contributed by atoms with Crippen LogP contribution in [0.3, 0.4) is 0 Å². The van der Waals surface area contributed by atoms with Crippen LogP contribution in [-0.4, -0.2) is 4.87 Å². The third kappa shape index (κ3) is 3.53. The van der Waals surface area contributed by atoms with Crippen molar-refractivity contribution in [3.63, 3.8) is 0 Å². The number of rotatable bonds is 3. The summed E-state index contributed by atoms with van der Waals surface area (Å²) in [5.41, 5.74) is 1.28. The Labute approximate surface area is 84.9 Å². The fourth-order valence-electron chi connectivity index (χ4n) is 1.10. The van der Waals surface area contributed by atoms with Gasteiger partial charge in [0.15, 0.2) is 0 Å². The van der Waals surface area contributed by atoms with Gasteiger partial charge in [0.05, 0.1) is 0 Å². The van der Waals surface area contributed by atoms with E-state index in [4.69, 9.17) is 18.0 Å². The van der Waals surface area contributed by atoms with Crippen LogP contribution in [0.4, 0.5) is 0 Å². The summed E-state index contributed by atoms with van der Waals surface area (Å²) in [6, 6.07) is 10.2. The molecule has 0 aliphatic carbocycles. The van der Waals surface area contributed by atoms with E-state index in [-0.39, 0.29) is 0 Å². The molecule has 1 aromatic rings. The minimum atomic E-state index is -0.504. The summed E-state index contributed by atoms with van der Waals surface area (Å²) in [5.74, 6) is 2.58. The van der Waals surface area contributed by atoms with Crippen LogP contribution in [0.25, 0.3) is 0 Å². The average Bonchev–Trinajstić information content (AvgIpc) is 2.17. The van der Waals surface area contributed by atoms with Crippen molar-refractivity contribution >= 4 is 11.6 Å².